The predicted molar refractivity (Wildman–Crippen MR) is 117 cm³/mol. The van der Waals surface area contributed by atoms with E-state index in [9.17, 15) is 9.90 Å². The van der Waals surface area contributed by atoms with Crippen molar-refractivity contribution >= 4 is 26.8 Å². The van der Waals surface area contributed by atoms with Gasteiger partial charge in [-0.15, -0.1) is 0 Å². The first-order valence-electron chi connectivity index (χ1n) is 10.2. The van der Waals surface area contributed by atoms with Crippen LogP contribution in [0.3, 0.4) is 0 Å². The molecule has 0 amide bonds. The molecule has 1 aromatic heterocycles. The first kappa shape index (κ1) is 21.4. The normalized spacial score (nSPS) is 20.4. The Morgan fingerprint density at radius 1 is 1.29 bits per heavy atom. The quantitative estimate of drug-likeness (QED) is 0.732. The number of aliphatic hydroxyl groups is 1. The number of benzene rings is 1. The summed E-state index contributed by atoms with van der Waals surface area (Å²) in [5.41, 5.74) is 0.773. The molecule has 1 N–H and O–H groups in total. The lowest BCUT2D eigenvalue weighted by atomic mass is 10.1. The van der Waals surface area contributed by atoms with Crippen LogP contribution >= 0.6 is 15.9 Å². The number of hydrogen-bond acceptors (Lipinski definition) is 5. The maximum Gasteiger partial charge on any atom is 0.261 e. The third-order valence-corrected chi connectivity index (χ3v) is 6.15. The Balaban J connectivity index is 2.09. The van der Waals surface area contributed by atoms with Gasteiger partial charge in [-0.05, 0) is 38.6 Å². The van der Waals surface area contributed by atoms with Crippen LogP contribution in [0.25, 0.3) is 10.9 Å². The van der Waals surface area contributed by atoms with E-state index >= 15 is 0 Å². The Bertz CT molecular complexity index is 869. The van der Waals surface area contributed by atoms with E-state index in [2.05, 4.69) is 39.7 Å². The fourth-order valence-electron chi connectivity index (χ4n) is 4.23. The summed E-state index contributed by atoms with van der Waals surface area (Å²) in [5, 5.41) is 10.5. The zero-order chi connectivity index (χ0) is 20.3. The van der Waals surface area contributed by atoms with Gasteiger partial charge in [0.1, 0.15) is 5.82 Å². The summed E-state index contributed by atoms with van der Waals surface area (Å²) in [6.07, 6.45) is 1.95. The SMILES string of the molecule is CCC[C@@H](c1nc2ccc(Br)cc2c(=O)n1CC)N1CCN(C)CC(CO)C1. The first-order chi connectivity index (χ1) is 13.5. The van der Waals surface area contributed by atoms with E-state index in [1.807, 2.05) is 29.7 Å². The van der Waals surface area contributed by atoms with Gasteiger partial charge in [0.25, 0.3) is 5.56 Å². The number of nitrogens with zero attached hydrogens (tertiary/aromatic N) is 4. The van der Waals surface area contributed by atoms with E-state index in [0.29, 0.717) is 11.9 Å². The summed E-state index contributed by atoms with van der Waals surface area (Å²) in [6.45, 7) is 8.54. The van der Waals surface area contributed by atoms with Crippen LogP contribution in [0.5, 0.6) is 0 Å². The third-order valence-electron chi connectivity index (χ3n) is 5.65. The minimum Gasteiger partial charge on any atom is -0.396 e. The molecule has 0 spiro atoms. The maximum atomic E-state index is 13.2. The Morgan fingerprint density at radius 3 is 2.75 bits per heavy atom. The smallest absolute Gasteiger partial charge is 0.261 e. The van der Waals surface area contributed by atoms with Gasteiger partial charge < -0.3 is 10.0 Å². The average Bonchev–Trinajstić information content (AvgIpc) is 2.88. The molecule has 1 fully saturated rings. The van der Waals surface area contributed by atoms with Crippen molar-refractivity contribution < 1.29 is 5.11 Å². The van der Waals surface area contributed by atoms with E-state index < -0.39 is 0 Å². The van der Waals surface area contributed by atoms with E-state index in [-0.39, 0.29) is 24.1 Å². The minimum atomic E-state index is 0.0237. The van der Waals surface area contributed by atoms with Crippen LogP contribution in [0.1, 0.15) is 38.6 Å². The van der Waals surface area contributed by atoms with Crippen LogP contribution < -0.4 is 5.56 Å². The zero-order valence-electron chi connectivity index (χ0n) is 17.1. The van der Waals surface area contributed by atoms with Crippen molar-refractivity contribution in [3.63, 3.8) is 0 Å². The first-order valence-corrected chi connectivity index (χ1v) is 11.0. The fourth-order valence-corrected chi connectivity index (χ4v) is 4.59. The molecule has 3 rings (SSSR count). The second-order valence-electron chi connectivity index (χ2n) is 7.79. The highest BCUT2D eigenvalue weighted by Gasteiger charge is 2.29. The number of likely N-dealkylation sites (N-methyl/N-ethyl adjacent to an activating group) is 1. The topological polar surface area (TPSA) is 61.6 Å². The van der Waals surface area contributed by atoms with Crippen LogP contribution in [-0.2, 0) is 6.54 Å². The van der Waals surface area contributed by atoms with Crippen molar-refractivity contribution in [3.05, 3.63) is 38.9 Å². The Labute approximate surface area is 175 Å². The van der Waals surface area contributed by atoms with Crippen LogP contribution in [0.2, 0.25) is 0 Å². The van der Waals surface area contributed by atoms with Crippen LogP contribution in [0, 0.1) is 5.92 Å². The molecule has 0 saturated carbocycles. The fraction of sp³-hybridized carbons (Fsp3) is 0.619. The number of fused-ring (bicyclic) bond motifs is 1. The van der Waals surface area contributed by atoms with Crippen molar-refractivity contribution in [2.24, 2.45) is 5.92 Å². The van der Waals surface area contributed by atoms with Gasteiger partial charge in [-0.25, -0.2) is 4.98 Å². The summed E-state index contributed by atoms with van der Waals surface area (Å²) in [4.78, 5) is 22.9. The largest absolute Gasteiger partial charge is 0.396 e. The van der Waals surface area contributed by atoms with Crippen LogP contribution in [-0.4, -0.2) is 64.3 Å². The third kappa shape index (κ3) is 4.48. The lowest BCUT2D eigenvalue weighted by molar-refractivity contribution is 0.133. The van der Waals surface area contributed by atoms with Gasteiger partial charge in [-0.1, -0.05) is 29.3 Å². The summed E-state index contributed by atoms with van der Waals surface area (Å²) in [7, 11) is 2.11. The average molecular weight is 451 g/mol. The molecule has 1 aliphatic heterocycles. The molecule has 28 heavy (non-hydrogen) atoms. The summed E-state index contributed by atoms with van der Waals surface area (Å²) in [5.74, 6) is 1.07. The van der Waals surface area contributed by atoms with E-state index in [0.717, 1.165) is 54.8 Å². The highest BCUT2D eigenvalue weighted by molar-refractivity contribution is 9.10. The van der Waals surface area contributed by atoms with Gasteiger partial charge in [0, 0.05) is 49.7 Å². The molecule has 2 heterocycles. The molecule has 0 aliphatic carbocycles. The number of halogens is 1. The number of aromatic nitrogens is 2. The monoisotopic (exact) mass is 450 g/mol. The molecule has 0 radical (unpaired) electrons. The molecule has 6 nitrogen and oxygen atoms in total. The van der Waals surface area contributed by atoms with E-state index in [4.69, 9.17) is 4.98 Å². The van der Waals surface area contributed by atoms with Gasteiger partial charge in [0.05, 0.1) is 16.9 Å². The van der Waals surface area contributed by atoms with Gasteiger partial charge in [-0.3, -0.25) is 14.3 Å². The van der Waals surface area contributed by atoms with Crippen molar-refractivity contribution in [2.75, 3.05) is 39.8 Å². The molecule has 1 aromatic carbocycles. The lowest BCUT2D eigenvalue weighted by Gasteiger charge is -2.33. The number of aliphatic hydroxyl groups excluding tert-OH is 1. The second kappa shape index (κ2) is 9.48. The molecule has 7 heteroatoms. The van der Waals surface area contributed by atoms with Gasteiger partial charge in [0.15, 0.2) is 0 Å². The van der Waals surface area contributed by atoms with Crippen molar-refractivity contribution in [1.29, 1.82) is 0 Å². The lowest BCUT2D eigenvalue weighted by Crippen LogP contribution is -2.38. The molecule has 1 unspecified atom stereocenters. The highest BCUT2D eigenvalue weighted by Crippen LogP contribution is 2.28. The molecule has 0 bridgehead atoms. The Kier molecular flexibility index (Phi) is 7.25. The Hall–Kier alpha value is -1.28. The maximum absolute atomic E-state index is 13.2. The second-order valence-corrected chi connectivity index (χ2v) is 8.71. The zero-order valence-corrected chi connectivity index (χ0v) is 18.7. The minimum absolute atomic E-state index is 0.0237. The van der Waals surface area contributed by atoms with Crippen LogP contribution in [0.15, 0.2) is 27.5 Å². The Morgan fingerprint density at radius 2 is 2.07 bits per heavy atom. The van der Waals surface area contributed by atoms with Crippen molar-refractivity contribution in [3.8, 4) is 0 Å². The summed E-state index contributed by atoms with van der Waals surface area (Å²) in [6, 6.07) is 5.79. The highest BCUT2D eigenvalue weighted by atomic mass is 79.9. The van der Waals surface area contributed by atoms with Gasteiger partial charge in [0.2, 0.25) is 0 Å². The summed E-state index contributed by atoms with van der Waals surface area (Å²) >= 11 is 3.46. The number of rotatable bonds is 6. The van der Waals surface area contributed by atoms with E-state index in [1.54, 1.807) is 0 Å². The predicted octanol–water partition coefficient (Wildman–Crippen LogP) is 2.88. The molecule has 154 valence electrons. The van der Waals surface area contributed by atoms with Crippen molar-refractivity contribution in [1.82, 2.24) is 19.4 Å². The summed E-state index contributed by atoms with van der Waals surface area (Å²) < 4.78 is 2.72. The number of hydrogen-bond donors (Lipinski definition) is 1. The van der Waals surface area contributed by atoms with Gasteiger partial charge in [-0.2, -0.15) is 0 Å². The van der Waals surface area contributed by atoms with Gasteiger partial charge >= 0.3 is 0 Å². The molecular formula is C21H31BrN4O2. The van der Waals surface area contributed by atoms with Crippen LogP contribution in [0.4, 0.5) is 0 Å². The van der Waals surface area contributed by atoms with E-state index in [1.165, 1.54) is 0 Å². The standard InChI is InChI=1S/C21H31BrN4O2/c1-4-6-19(25-10-9-24(3)12-15(13-25)14-27)20-23-18-8-7-16(22)11-17(18)21(28)26(20)5-2/h7-8,11,15,19,27H,4-6,9-10,12-14H2,1-3H3/t15?,19-/m0/s1. The van der Waals surface area contributed by atoms with Crippen molar-refractivity contribution in [2.45, 2.75) is 39.3 Å². The molecule has 2 atom stereocenters. The molecule has 1 saturated heterocycles. The molecule has 2 aromatic rings. The molecular weight excluding hydrogens is 420 g/mol. The molecule has 1 aliphatic rings.